The number of primary sulfonamides is 1. The molecule has 0 spiro atoms. The molecule has 6 nitrogen and oxygen atoms in total. The molecule has 2 aromatic carbocycles. The number of ether oxygens (including phenoxy) is 2. The van der Waals surface area contributed by atoms with Crippen LogP contribution in [0.1, 0.15) is 15.9 Å². The minimum atomic E-state index is -3.98. The third kappa shape index (κ3) is 4.05. The highest BCUT2D eigenvalue weighted by molar-refractivity contribution is 7.89. The van der Waals surface area contributed by atoms with E-state index in [0.29, 0.717) is 0 Å². The lowest BCUT2D eigenvalue weighted by atomic mass is 10.2. The summed E-state index contributed by atoms with van der Waals surface area (Å²) < 4.78 is 46.2. The van der Waals surface area contributed by atoms with Crippen LogP contribution in [0.5, 0.6) is 5.75 Å². The second-order valence-electron chi connectivity index (χ2n) is 4.57. The highest BCUT2D eigenvalue weighted by Crippen LogP contribution is 2.23. The van der Waals surface area contributed by atoms with Gasteiger partial charge in [0.25, 0.3) is 0 Å². The number of rotatable bonds is 5. The van der Waals surface area contributed by atoms with Gasteiger partial charge in [0.15, 0.2) is 0 Å². The van der Waals surface area contributed by atoms with Gasteiger partial charge in [0.05, 0.1) is 12.0 Å². The lowest BCUT2D eigenvalue weighted by Crippen LogP contribution is -2.14. The van der Waals surface area contributed by atoms with Crippen LogP contribution in [0.4, 0.5) is 4.39 Å². The molecule has 0 aliphatic carbocycles. The van der Waals surface area contributed by atoms with E-state index in [-0.39, 0.29) is 28.4 Å². The molecule has 0 bridgehead atoms. The Morgan fingerprint density at radius 3 is 2.52 bits per heavy atom. The second-order valence-corrected chi connectivity index (χ2v) is 6.14. The lowest BCUT2D eigenvalue weighted by molar-refractivity contribution is 0.0465. The zero-order chi connectivity index (χ0) is 17.0. The Morgan fingerprint density at radius 1 is 1.22 bits per heavy atom. The van der Waals surface area contributed by atoms with Crippen LogP contribution in [-0.2, 0) is 21.4 Å². The molecule has 2 rings (SSSR count). The fourth-order valence-electron chi connectivity index (χ4n) is 1.86. The van der Waals surface area contributed by atoms with Crippen LogP contribution >= 0.6 is 0 Å². The number of hydrogen-bond acceptors (Lipinski definition) is 5. The summed E-state index contributed by atoms with van der Waals surface area (Å²) in [5.41, 5.74) is 0.0813. The number of methoxy groups -OCH3 is 1. The molecule has 0 amide bonds. The van der Waals surface area contributed by atoms with E-state index in [9.17, 15) is 17.6 Å². The van der Waals surface area contributed by atoms with Crippen LogP contribution in [0.15, 0.2) is 47.4 Å². The molecule has 0 aliphatic heterocycles. The summed E-state index contributed by atoms with van der Waals surface area (Å²) in [5.74, 6) is -1.24. The van der Waals surface area contributed by atoms with Crippen molar-refractivity contribution in [1.29, 1.82) is 0 Å². The Morgan fingerprint density at radius 2 is 1.91 bits per heavy atom. The van der Waals surface area contributed by atoms with Crippen LogP contribution in [-0.4, -0.2) is 21.5 Å². The van der Waals surface area contributed by atoms with Crippen molar-refractivity contribution in [2.45, 2.75) is 11.5 Å². The number of carbonyl (C=O) groups excluding carboxylic acids is 1. The van der Waals surface area contributed by atoms with Crippen molar-refractivity contribution in [3.8, 4) is 5.75 Å². The molecule has 0 saturated carbocycles. The van der Waals surface area contributed by atoms with Crippen molar-refractivity contribution in [2.75, 3.05) is 7.11 Å². The molecule has 0 fully saturated rings. The molecule has 2 N–H and O–H groups in total. The molecule has 0 unspecified atom stereocenters. The second kappa shape index (κ2) is 6.76. The van der Waals surface area contributed by atoms with E-state index in [1.165, 1.54) is 37.4 Å². The predicted octanol–water partition coefficient (Wildman–Crippen LogP) is 1.84. The summed E-state index contributed by atoms with van der Waals surface area (Å²) in [6.07, 6.45) is 0. The molecule has 0 aliphatic rings. The molecule has 23 heavy (non-hydrogen) atoms. The summed E-state index contributed by atoms with van der Waals surface area (Å²) in [6.45, 7) is -0.297. The first-order chi connectivity index (χ1) is 10.8. The molecule has 0 radical (unpaired) electrons. The number of hydrogen-bond donors (Lipinski definition) is 1. The Bertz CT molecular complexity index is 836. The minimum absolute atomic E-state index is 0.115. The first-order valence-corrected chi connectivity index (χ1v) is 7.99. The molecule has 122 valence electrons. The number of nitrogens with two attached hydrogens (primary N) is 1. The molecule has 0 aromatic heterocycles. The van der Waals surface area contributed by atoms with Crippen molar-refractivity contribution in [1.82, 2.24) is 0 Å². The summed E-state index contributed by atoms with van der Waals surface area (Å²) in [4.78, 5) is 11.9. The number of benzene rings is 2. The summed E-state index contributed by atoms with van der Waals surface area (Å²) in [7, 11) is -2.66. The van der Waals surface area contributed by atoms with Gasteiger partial charge in [-0.1, -0.05) is 18.2 Å². The molecular formula is C15H14FNO5S. The Balaban J connectivity index is 2.26. The van der Waals surface area contributed by atoms with Crippen molar-refractivity contribution in [3.05, 3.63) is 59.4 Å². The third-order valence-corrected chi connectivity index (χ3v) is 3.95. The molecule has 0 atom stereocenters. The maximum absolute atomic E-state index is 13.5. The highest BCUT2D eigenvalue weighted by Gasteiger charge is 2.19. The first-order valence-electron chi connectivity index (χ1n) is 6.44. The van der Waals surface area contributed by atoms with Crippen LogP contribution in [0.3, 0.4) is 0 Å². The largest absolute Gasteiger partial charge is 0.496 e. The van der Waals surface area contributed by atoms with Crippen LogP contribution in [0.2, 0.25) is 0 Å². The van der Waals surface area contributed by atoms with Gasteiger partial charge in [0, 0.05) is 5.56 Å². The van der Waals surface area contributed by atoms with Gasteiger partial charge in [-0.3, -0.25) is 0 Å². The predicted molar refractivity (Wildman–Crippen MR) is 79.9 cm³/mol. The van der Waals surface area contributed by atoms with Gasteiger partial charge in [-0.25, -0.2) is 22.7 Å². The Labute approximate surface area is 132 Å². The molecule has 0 saturated heterocycles. The SMILES string of the molecule is COc1ccc(S(N)(=O)=O)cc1C(=O)OCc1ccccc1F. The van der Waals surface area contributed by atoms with Gasteiger partial charge in [-0.15, -0.1) is 0 Å². The summed E-state index contributed by atoms with van der Waals surface area (Å²) in [5, 5.41) is 5.03. The molecular weight excluding hydrogens is 325 g/mol. The zero-order valence-electron chi connectivity index (χ0n) is 12.2. The smallest absolute Gasteiger partial charge is 0.342 e. The fourth-order valence-corrected chi connectivity index (χ4v) is 2.40. The Kier molecular flexibility index (Phi) is 4.97. The van der Waals surface area contributed by atoms with Gasteiger partial charge in [0.2, 0.25) is 10.0 Å². The summed E-state index contributed by atoms with van der Waals surface area (Å²) in [6, 6.07) is 9.39. The maximum atomic E-state index is 13.5. The van der Waals surface area contributed by atoms with Gasteiger partial charge < -0.3 is 9.47 Å². The minimum Gasteiger partial charge on any atom is -0.496 e. The van der Waals surface area contributed by atoms with E-state index in [1.807, 2.05) is 0 Å². The van der Waals surface area contributed by atoms with E-state index in [2.05, 4.69) is 0 Å². The monoisotopic (exact) mass is 339 g/mol. The van der Waals surface area contributed by atoms with E-state index in [4.69, 9.17) is 14.6 Å². The van der Waals surface area contributed by atoms with Crippen molar-refractivity contribution < 1.29 is 27.1 Å². The summed E-state index contributed by atoms with van der Waals surface area (Å²) >= 11 is 0. The van der Waals surface area contributed by atoms with Crippen molar-refractivity contribution >= 4 is 16.0 Å². The maximum Gasteiger partial charge on any atom is 0.342 e. The molecule has 8 heteroatoms. The number of carbonyl (C=O) groups is 1. The molecule has 2 aromatic rings. The van der Waals surface area contributed by atoms with Crippen LogP contribution in [0.25, 0.3) is 0 Å². The van der Waals surface area contributed by atoms with Gasteiger partial charge in [-0.05, 0) is 24.3 Å². The zero-order valence-corrected chi connectivity index (χ0v) is 13.0. The average molecular weight is 339 g/mol. The average Bonchev–Trinajstić information content (AvgIpc) is 2.52. The standard InChI is InChI=1S/C15H14FNO5S/c1-21-14-7-6-11(23(17,19)20)8-12(14)15(18)22-9-10-4-2-3-5-13(10)16/h2-8H,9H2,1H3,(H2,17,19,20). The number of halogens is 1. The third-order valence-electron chi connectivity index (χ3n) is 3.04. The van der Waals surface area contributed by atoms with E-state index < -0.39 is 21.8 Å². The van der Waals surface area contributed by atoms with E-state index >= 15 is 0 Å². The quantitative estimate of drug-likeness (QED) is 0.839. The number of sulfonamides is 1. The topological polar surface area (TPSA) is 95.7 Å². The highest BCUT2D eigenvalue weighted by atomic mass is 32.2. The van der Waals surface area contributed by atoms with Gasteiger partial charge in [0.1, 0.15) is 23.7 Å². The van der Waals surface area contributed by atoms with Crippen LogP contribution in [0, 0.1) is 5.82 Å². The lowest BCUT2D eigenvalue weighted by Gasteiger charge is -2.10. The van der Waals surface area contributed by atoms with Gasteiger partial charge >= 0.3 is 5.97 Å². The molecule has 0 heterocycles. The number of esters is 1. The first kappa shape index (κ1) is 16.9. The van der Waals surface area contributed by atoms with E-state index in [0.717, 1.165) is 6.07 Å². The van der Waals surface area contributed by atoms with Crippen molar-refractivity contribution in [2.24, 2.45) is 5.14 Å². The normalized spacial score (nSPS) is 11.1. The van der Waals surface area contributed by atoms with E-state index in [1.54, 1.807) is 6.07 Å². The fraction of sp³-hybridized carbons (Fsp3) is 0.133. The van der Waals surface area contributed by atoms with Gasteiger partial charge in [-0.2, -0.15) is 0 Å². The van der Waals surface area contributed by atoms with Crippen molar-refractivity contribution in [3.63, 3.8) is 0 Å². The van der Waals surface area contributed by atoms with Crippen LogP contribution < -0.4 is 9.88 Å². The Hall–Kier alpha value is -2.45.